The molecule has 1 heterocycles. The molecule has 3 rings (SSSR count). The Balaban J connectivity index is 1.73. The molecule has 1 amide bonds. The third-order valence-corrected chi connectivity index (χ3v) is 5.62. The Labute approximate surface area is 146 Å². The first-order chi connectivity index (χ1) is 11.9. The molecular weight excluding hydrogens is 340 g/mol. The van der Waals surface area contributed by atoms with Crippen LogP contribution in [-0.4, -0.2) is 32.7 Å². The summed E-state index contributed by atoms with van der Waals surface area (Å²) in [6.07, 6.45) is 0.111. The minimum Gasteiger partial charge on any atom is -0.311 e. The average molecular weight is 358 g/mol. The van der Waals surface area contributed by atoms with Crippen LogP contribution in [0.15, 0.2) is 59.5 Å². The molecule has 25 heavy (non-hydrogen) atoms. The number of amides is 1. The second-order valence-electron chi connectivity index (χ2n) is 5.94. The number of hydrogen-bond donors (Lipinski definition) is 1. The number of nitrogens with zero attached hydrogens (tertiary/aromatic N) is 1. The Morgan fingerprint density at radius 2 is 1.72 bits per heavy atom. The molecule has 6 nitrogen and oxygen atoms in total. The highest BCUT2D eigenvalue weighted by Crippen LogP contribution is 2.22. The van der Waals surface area contributed by atoms with Crippen molar-refractivity contribution in [3.05, 3.63) is 60.2 Å². The lowest BCUT2D eigenvalue weighted by atomic mass is 10.2. The van der Waals surface area contributed by atoms with E-state index in [9.17, 15) is 18.0 Å². The Bertz CT molecular complexity index is 892. The van der Waals surface area contributed by atoms with Gasteiger partial charge in [0.05, 0.1) is 4.90 Å². The molecule has 1 aliphatic rings. The Morgan fingerprint density at radius 1 is 1.08 bits per heavy atom. The summed E-state index contributed by atoms with van der Waals surface area (Å²) in [5, 5.41) is 0. The maximum atomic E-state index is 12.5. The number of hydrogen-bond acceptors (Lipinski definition) is 4. The van der Waals surface area contributed by atoms with Crippen molar-refractivity contribution in [2.24, 2.45) is 0 Å². The Hall–Kier alpha value is -2.51. The van der Waals surface area contributed by atoms with Crippen molar-refractivity contribution in [2.75, 3.05) is 11.4 Å². The molecule has 130 valence electrons. The van der Waals surface area contributed by atoms with Gasteiger partial charge in [0.25, 0.3) is 0 Å². The van der Waals surface area contributed by atoms with E-state index < -0.39 is 16.1 Å². The number of sulfonamides is 1. The van der Waals surface area contributed by atoms with Crippen molar-refractivity contribution in [3.8, 4) is 0 Å². The lowest BCUT2D eigenvalue weighted by Crippen LogP contribution is -2.37. The number of para-hydroxylation sites is 1. The SMILES string of the molecule is CC(=O)c1ccc(S(=O)(=O)N[C@H]2CC(=O)N(c3ccccc3)C2)cc1. The fourth-order valence-corrected chi connectivity index (χ4v) is 4.03. The van der Waals surface area contributed by atoms with Crippen molar-refractivity contribution < 1.29 is 18.0 Å². The minimum absolute atomic E-state index is 0.0723. The molecule has 0 spiro atoms. The fourth-order valence-electron chi connectivity index (χ4n) is 2.80. The van der Waals surface area contributed by atoms with Gasteiger partial charge in [-0.05, 0) is 31.2 Å². The quantitative estimate of drug-likeness (QED) is 0.829. The molecule has 2 aromatic rings. The number of anilines is 1. The van der Waals surface area contributed by atoms with Crippen LogP contribution >= 0.6 is 0 Å². The van der Waals surface area contributed by atoms with Crippen molar-refractivity contribution in [3.63, 3.8) is 0 Å². The van der Waals surface area contributed by atoms with Crippen molar-refractivity contribution >= 4 is 27.4 Å². The van der Waals surface area contributed by atoms with Gasteiger partial charge in [-0.1, -0.05) is 30.3 Å². The standard InChI is InChI=1S/C18H18N2O4S/c1-13(21)14-7-9-17(10-8-14)25(23,24)19-15-11-18(22)20(12-15)16-5-3-2-4-6-16/h2-10,15,19H,11-12H2,1H3/t15-/m0/s1. The molecule has 1 N–H and O–H groups in total. The van der Waals surface area contributed by atoms with Crippen LogP contribution in [0.5, 0.6) is 0 Å². The molecule has 0 aliphatic carbocycles. The van der Waals surface area contributed by atoms with E-state index in [1.54, 1.807) is 4.90 Å². The fraction of sp³-hybridized carbons (Fsp3) is 0.222. The molecule has 0 radical (unpaired) electrons. The summed E-state index contributed by atoms with van der Waals surface area (Å²) in [6.45, 7) is 1.71. The van der Waals surface area contributed by atoms with Gasteiger partial charge in [-0.2, -0.15) is 0 Å². The maximum Gasteiger partial charge on any atom is 0.240 e. The van der Waals surface area contributed by atoms with Gasteiger partial charge in [-0.3, -0.25) is 9.59 Å². The van der Waals surface area contributed by atoms with E-state index in [0.29, 0.717) is 5.56 Å². The van der Waals surface area contributed by atoms with Gasteiger partial charge in [-0.15, -0.1) is 0 Å². The maximum absolute atomic E-state index is 12.5. The highest BCUT2D eigenvalue weighted by atomic mass is 32.2. The lowest BCUT2D eigenvalue weighted by Gasteiger charge is -2.17. The van der Waals surface area contributed by atoms with Gasteiger partial charge in [0.15, 0.2) is 5.78 Å². The van der Waals surface area contributed by atoms with E-state index >= 15 is 0 Å². The van der Waals surface area contributed by atoms with E-state index in [-0.39, 0.29) is 29.6 Å². The summed E-state index contributed by atoms with van der Waals surface area (Å²) < 4.78 is 27.6. The van der Waals surface area contributed by atoms with Crippen molar-refractivity contribution in [1.29, 1.82) is 0 Å². The minimum atomic E-state index is -3.76. The van der Waals surface area contributed by atoms with Gasteiger partial charge < -0.3 is 4.90 Å². The number of benzene rings is 2. The molecule has 2 aromatic carbocycles. The van der Waals surface area contributed by atoms with Gasteiger partial charge >= 0.3 is 0 Å². The second-order valence-corrected chi connectivity index (χ2v) is 7.66. The van der Waals surface area contributed by atoms with Crippen LogP contribution < -0.4 is 9.62 Å². The molecule has 1 aliphatic heterocycles. The summed E-state index contributed by atoms with van der Waals surface area (Å²) >= 11 is 0. The highest BCUT2D eigenvalue weighted by Gasteiger charge is 2.33. The van der Waals surface area contributed by atoms with Gasteiger partial charge in [0.1, 0.15) is 0 Å². The van der Waals surface area contributed by atoms with E-state index in [0.717, 1.165) is 5.69 Å². The molecule has 0 bridgehead atoms. The largest absolute Gasteiger partial charge is 0.311 e. The molecular formula is C18H18N2O4S. The van der Waals surface area contributed by atoms with Crippen LogP contribution in [0.1, 0.15) is 23.7 Å². The number of rotatable bonds is 5. The second kappa shape index (κ2) is 6.78. The van der Waals surface area contributed by atoms with Crippen molar-refractivity contribution in [2.45, 2.75) is 24.3 Å². The molecule has 0 saturated carbocycles. The zero-order valence-electron chi connectivity index (χ0n) is 13.7. The summed E-state index contributed by atoms with van der Waals surface area (Å²) in [5.41, 5.74) is 1.20. The van der Waals surface area contributed by atoms with Gasteiger partial charge in [-0.25, -0.2) is 13.1 Å². The number of carbonyl (C=O) groups is 2. The monoisotopic (exact) mass is 358 g/mol. The topological polar surface area (TPSA) is 83.5 Å². The first-order valence-corrected chi connectivity index (χ1v) is 9.34. The van der Waals surface area contributed by atoms with Crippen LogP contribution in [-0.2, 0) is 14.8 Å². The summed E-state index contributed by atoms with van der Waals surface area (Å²) in [7, 11) is -3.76. The molecule has 0 unspecified atom stereocenters. The van der Waals surface area contributed by atoms with Crippen LogP contribution in [0.2, 0.25) is 0 Å². The molecule has 1 fully saturated rings. The number of ketones is 1. The smallest absolute Gasteiger partial charge is 0.240 e. The van der Waals surface area contributed by atoms with E-state index in [2.05, 4.69) is 4.72 Å². The average Bonchev–Trinajstić information content (AvgIpc) is 2.95. The van der Waals surface area contributed by atoms with Gasteiger partial charge in [0.2, 0.25) is 15.9 Å². The zero-order chi connectivity index (χ0) is 18.0. The molecule has 1 saturated heterocycles. The molecule has 1 atom stereocenters. The summed E-state index contributed by atoms with van der Waals surface area (Å²) in [5.74, 6) is -0.248. The summed E-state index contributed by atoms with van der Waals surface area (Å²) in [4.78, 5) is 25.1. The Kier molecular flexibility index (Phi) is 4.69. The first-order valence-electron chi connectivity index (χ1n) is 7.85. The van der Waals surface area contributed by atoms with E-state index in [4.69, 9.17) is 0 Å². The number of Topliss-reactive ketones (excluding diaryl/α,β-unsaturated/α-hetero) is 1. The van der Waals surface area contributed by atoms with Crippen LogP contribution in [0.4, 0.5) is 5.69 Å². The molecule has 0 aromatic heterocycles. The summed E-state index contributed by atoms with van der Waals surface area (Å²) in [6, 6.07) is 14.4. The number of carbonyl (C=O) groups excluding carboxylic acids is 2. The normalized spacial score (nSPS) is 17.7. The highest BCUT2D eigenvalue weighted by molar-refractivity contribution is 7.89. The van der Waals surface area contributed by atoms with Crippen molar-refractivity contribution in [1.82, 2.24) is 4.72 Å². The Morgan fingerprint density at radius 3 is 2.32 bits per heavy atom. The predicted octanol–water partition coefficient (Wildman–Crippen LogP) is 1.97. The molecule has 7 heteroatoms. The van der Waals surface area contributed by atoms with Gasteiger partial charge in [0, 0.05) is 30.3 Å². The first kappa shape index (κ1) is 17.3. The van der Waals surface area contributed by atoms with E-state index in [1.165, 1.54) is 31.2 Å². The van der Waals surface area contributed by atoms with Crippen LogP contribution in [0, 0.1) is 0 Å². The number of nitrogens with one attached hydrogen (secondary N) is 1. The third-order valence-electron chi connectivity index (χ3n) is 4.09. The van der Waals surface area contributed by atoms with Crippen LogP contribution in [0.3, 0.4) is 0 Å². The van der Waals surface area contributed by atoms with E-state index in [1.807, 2.05) is 30.3 Å². The lowest BCUT2D eigenvalue weighted by molar-refractivity contribution is -0.117. The third kappa shape index (κ3) is 3.78. The predicted molar refractivity (Wildman–Crippen MR) is 94.0 cm³/mol. The van der Waals surface area contributed by atoms with Crippen LogP contribution in [0.25, 0.3) is 0 Å². The zero-order valence-corrected chi connectivity index (χ0v) is 14.5.